The van der Waals surface area contributed by atoms with Gasteiger partial charge in [-0.05, 0) is 45.0 Å². The fraction of sp³-hybridized carbons (Fsp3) is 0.529. The van der Waals surface area contributed by atoms with Crippen LogP contribution < -0.4 is 0 Å². The van der Waals surface area contributed by atoms with Gasteiger partial charge in [-0.1, -0.05) is 12.1 Å². The lowest BCUT2D eigenvalue weighted by Gasteiger charge is -2.20. The van der Waals surface area contributed by atoms with Gasteiger partial charge in [-0.15, -0.1) is 0 Å². The Bertz CT molecular complexity index is 578. The van der Waals surface area contributed by atoms with Crippen molar-refractivity contribution in [3.8, 4) is 6.07 Å². The highest BCUT2D eigenvalue weighted by atomic mass is 16.2. The van der Waals surface area contributed by atoms with Gasteiger partial charge in [0.25, 0.3) is 5.91 Å². The molecule has 118 valence electrons. The van der Waals surface area contributed by atoms with Crippen molar-refractivity contribution in [2.75, 3.05) is 27.2 Å². The number of benzene rings is 1. The van der Waals surface area contributed by atoms with E-state index in [9.17, 15) is 10.1 Å². The first kappa shape index (κ1) is 16.5. The number of unbranched alkanes of at least 4 members (excludes halogenated alkanes) is 2. The molecule has 0 spiro atoms. The van der Waals surface area contributed by atoms with Crippen LogP contribution in [0.15, 0.2) is 18.2 Å². The van der Waals surface area contributed by atoms with Crippen LogP contribution in [0, 0.1) is 11.3 Å². The van der Waals surface area contributed by atoms with Crippen molar-refractivity contribution in [3.05, 3.63) is 34.9 Å². The summed E-state index contributed by atoms with van der Waals surface area (Å²) >= 11 is 0. The van der Waals surface area contributed by atoms with E-state index in [1.54, 1.807) is 4.90 Å². The van der Waals surface area contributed by atoms with Crippen LogP contribution in [0.4, 0.5) is 0 Å². The Morgan fingerprint density at radius 3 is 2.73 bits per heavy atom. The highest BCUT2D eigenvalue weighted by Crippen LogP contribution is 2.34. The predicted molar refractivity (Wildman–Crippen MR) is 84.2 cm³/mol. The second-order valence-electron chi connectivity index (χ2n) is 5.97. The molecule has 0 saturated carbocycles. The highest BCUT2D eigenvalue weighted by molar-refractivity contribution is 5.99. The average Bonchev–Trinajstić information content (AvgIpc) is 2.75. The predicted octanol–water partition coefficient (Wildman–Crippen LogP) is 1.93. The third-order valence-electron chi connectivity index (χ3n) is 3.89. The van der Waals surface area contributed by atoms with Crippen LogP contribution in [0.3, 0.4) is 0 Å². The maximum atomic E-state index is 12.5. The molecule has 1 N–H and O–H groups in total. The minimum atomic E-state index is -0.487. The quantitative estimate of drug-likeness (QED) is 0.781. The van der Waals surface area contributed by atoms with E-state index < -0.39 is 6.04 Å². The molecular weight excluding hydrogens is 278 g/mol. The van der Waals surface area contributed by atoms with Crippen LogP contribution in [-0.4, -0.2) is 48.1 Å². The summed E-state index contributed by atoms with van der Waals surface area (Å²) in [6.45, 7) is 1.52. The van der Waals surface area contributed by atoms with Gasteiger partial charge in [0.15, 0.2) is 0 Å². The minimum absolute atomic E-state index is 0.0537. The number of hydrogen-bond acceptors (Lipinski definition) is 4. The fourth-order valence-corrected chi connectivity index (χ4v) is 2.88. The molecule has 5 heteroatoms. The highest BCUT2D eigenvalue weighted by Gasteiger charge is 2.36. The van der Waals surface area contributed by atoms with Gasteiger partial charge < -0.3 is 14.9 Å². The summed E-state index contributed by atoms with van der Waals surface area (Å²) in [6.07, 6.45) is 2.41. The number of aliphatic hydroxyl groups excluding tert-OH is 1. The van der Waals surface area contributed by atoms with Crippen LogP contribution in [0.5, 0.6) is 0 Å². The van der Waals surface area contributed by atoms with Gasteiger partial charge in [-0.3, -0.25) is 4.79 Å². The van der Waals surface area contributed by atoms with Crippen molar-refractivity contribution in [3.63, 3.8) is 0 Å². The molecule has 1 aromatic rings. The molecule has 0 radical (unpaired) electrons. The summed E-state index contributed by atoms with van der Waals surface area (Å²) in [5, 5.41) is 18.3. The van der Waals surface area contributed by atoms with Crippen LogP contribution in [0.25, 0.3) is 0 Å². The number of hydrogen-bond donors (Lipinski definition) is 1. The summed E-state index contributed by atoms with van der Waals surface area (Å²) in [7, 11) is 3.99. The molecule has 1 heterocycles. The van der Waals surface area contributed by atoms with Gasteiger partial charge >= 0.3 is 0 Å². The lowest BCUT2D eigenvalue weighted by atomic mass is 10.0. The van der Waals surface area contributed by atoms with Crippen molar-refractivity contribution in [1.82, 2.24) is 9.80 Å². The van der Waals surface area contributed by atoms with Crippen molar-refractivity contribution >= 4 is 5.91 Å². The molecule has 5 nitrogen and oxygen atoms in total. The zero-order valence-electron chi connectivity index (χ0n) is 13.2. The zero-order chi connectivity index (χ0) is 16.1. The molecule has 1 atom stereocenters. The Morgan fingerprint density at radius 2 is 2.09 bits per heavy atom. The number of fused-ring (bicyclic) bond motifs is 1. The molecule has 0 bridgehead atoms. The lowest BCUT2D eigenvalue weighted by Crippen LogP contribution is -2.28. The Labute approximate surface area is 131 Å². The number of amides is 1. The third-order valence-corrected chi connectivity index (χ3v) is 3.89. The van der Waals surface area contributed by atoms with E-state index in [1.807, 2.05) is 32.3 Å². The second kappa shape index (κ2) is 7.39. The first-order valence-corrected chi connectivity index (χ1v) is 7.67. The lowest BCUT2D eigenvalue weighted by molar-refractivity contribution is 0.0754. The van der Waals surface area contributed by atoms with Crippen molar-refractivity contribution in [2.45, 2.75) is 31.8 Å². The molecule has 22 heavy (non-hydrogen) atoms. The molecule has 1 unspecified atom stereocenters. The summed E-state index contributed by atoms with van der Waals surface area (Å²) < 4.78 is 0. The van der Waals surface area contributed by atoms with Crippen molar-refractivity contribution in [2.24, 2.45) is 0 Å². The fourth-order valence-electron chi connectivity index (χ4n) is 2.88. The number of carbonyl (C=O) groups excluding carboxylic acids is 1. The van der Waals surface area contributed by atoms with E-state index in [-0.39, 0.29) is 12.5 Å². The summed E-state index contributed by atoms with van der Waals surface area (Å²) in [5.41, 5.74) is 2.59. The standard InChI is InChI=1S/C17H23N3O2/c1-19(2)12-13-6-7-14-15(10-13)16(11-18)20(17(14)22)8-4-3-5-9-21/h6-7,10,16,21H,3-5,8-9,12H2,1-2H3. The van der Waals surface area contributed by atoms with Crippen LogP contribution in [0.1, 0.15) is 46.8 Å². The number of aliphatic hydroxyl groups is 1. The SMILES string of the molecule is CN(C)Cc1ccc2c(c1)C(C#N)N(CCCCCO)C2=O. The number of rotatable bonds is 7. The third kappa shape index (κ3) is 3.46. The maximum absolute atomic E-state index is 12.5. The molecule has 1 amide bonds. The van der Waals surface area contributed by atoms with Crippen molar-refractivity contribution in [1.29, 1.82) is 5.26 Å². The molecule has 0 aromatic heterocycles. The molecule has 1 aliphatic rings. The Hall–Kier alpha value is -1.90. The summed E-state index contributed by atoms with van der Waals surface area (Å²) in [6, 6.07) is 7.56. The van der Waals surface area contributed by atoms with E-state index in [1.165, 1.54) is 0 Å². The van der Waals surface area contributed by atoms with E-state index in [2.05, 4.69) is 11.0 Å². The van der Waals surface area contributed by atoms with Gasteiger partial charge in [0.1, 0.15) is 6.04 Å². The van der Waals surface area contributed by atoms with E-state index in [0.29, 0.717) is 12.1 Å². The van der Waals surface area contributed by atoms with E-state index >= 15 is 0 Å². The largest absolute Gasteiger partial charge is 0.396 e. The first-order chi connectivity index (χ1) is 10.6. The molecule has 0 aliphatic carbocycles. The second-order valence-corrected chi connectivity index (χ2v) is 5.97. The molecule has 1 aliphatic heterocycles. The molecule has 0 fully saturated rings. The zero-order valence-corrected chi connectivity index (χ0v) is 13.2. The smallest absolute Gasteiger partial charge is 0.255 e. The van der Waals surface area contributed by atoms with Gasteiger partial charge in [-0.25, -0.2) is 0 Å². The number of nitriles is 1. The van der Waals surface area contributed by atoms with E-state index in [4.69, 9.17) is 5.11 Å². The summed E-state index contributed by atoms with van der Waals surface area (Å²) in [5.74, 6) is -0.0537. The Kier molecular flexibility index (Phi) is 5.53. The first-order valence-electron chi connectivity index (χ1n) is 7.67. The monoisotopic (exact) mass is 301 g/mol. The Morgan fingerprint density at radius 1 is 1.32 bits per heavy atom. The summed E-state index contributed by atoms with van der Waals surface area (Å²) in [4.78, 5) is 16.2. The van der Waals surface area contributed by atoms with Gasteiger partial charge in [0.2, 0.25) is 0 Å². The Balaban J connectivity index is 2.17. The van der Waals surface area contributed by atoms with Crippen LogP contribution in [0.2, 0.25) is 0 Å². The average molecular weight is 301 g/mol. The van der Waals surface area contributed by atoms with Crippen molar-refractivity contribution < 1.29 is 9.90 Å². The molecule has 1 aromatic carbocycles. The normalized spacial score (nSPS) is 17.0. The van der Waals surface area contributed by atoms with Crippen LogP contribution >= 0.6 is 0 Å². The number of nitrogens with zero attached hydrogens (tertiary/aromatic N) is 3. The van der Waals surface area contributed by atoms with Gasteiger partial charge in [0, 0.05) is 30.8 Å². The molecule has 2 rings (SSSR count). The number of carbonyl (C=O) groups is 1. The van der Waals surface area contributed by atoms with Gasteiger partial charge in [-0.2, -0.15) is 5.26 Å². The van der Waals surface area contributed by atoms with Crippen LogP contribution in [-0.2, 0) is 6.54 Å². The maximum Gasteiger partial charge on any atom is 0.255 e. The molecular formula is C17H23N3O2. The topological polar surface area (TPSA) is 67.6 Å². The molecule has 0 saturated heterocycles. The van der Waals surface area contributed by atoms with Gasteiger partial charge in [0.05, 0.1) is 6.07 Å². The minimum Gasteiger partial charge on any atom is -0.396 e. The van der Waals surface area contributed by atoms with E-state index in [0.717, 1.165) is 36.9 Å².